The van der Waals surface area contributed by atoms with Crippen LogP contribution in [0.5, 0.6) is 0 Å². The second-order valence-corrected chi connectivity index (χ2v) is 4.93. The third-order valence-corrected chi connectivity index (χ3v) is 3.28. The van der Waals surface area contributed by atoms with Gasteiger partial charge in [0, 0.05) is 6.04 Å². The number of benzene rings is 1. The number of halogens is 3. The lowest BCUT2D eigenvalue weighted by Crippen LogP contribution is -2.39. The maximum Gasteiger partial charge on any atom is 0.401 e. The molecule has 0 aliphatic heterocycles. The SMILES string of the molecule is Cc1ccc(C(C)N(CC(=O)O)CC(F)(F)F)cc1C. The molecule has 6 heteroatoms. The molecule has 112 valence electrons. The van der Waals surface area contributed by atoms with Gasteiger partial charge in [0.1, 0.15) is 0 Å². The van der Waals surface area contributed by atoms with Gasteiger partial charge in [-0.1, -0.05) is 18.2 Å². The van der Waals surface area contributed by atoms with Crippen LogP contribution in [-0.2, 0) is 4.79 Å². The first-order valence-electron chi connectivity index (χ1n) is 6.20. The Hall–Kier alpha value is -1.56. The number of hydrogen-bond acceptors (Lipinski definition) is 2. The van der Waals surface area contributed by atoms with Crippen LogP contribution < -0.4 is 0 Å². The number of rotatable bonds is 5. The van der Waals surface area contributed by atoms with Crippen LogP contribution in [0, 0.1) is 13.8 Å². The van der Waals surface area contributed by atoms with Crippen molar-refractivity contribution in [2.45, 2.75) is 33.0 Å². The molecule has 1 rings (SSSR count). The zero-order valence-corrected chi connectivity index (χ0v) is 11.7. The maximum absolute atomic E-state index is 12.5. The molecular weight excluding hydrogens is 271 g/mol. The highest BCUT2D eigenvalue weighted by molar-refractivity contribution is 5.69. The maximum atomic E-state index is 12.5. The number of alkyl halides is 3. The van der Waals surface area contributed by atoms with Gasteiger partial charge in [0.25, 0.3) is 0 Å². The van der Waals surface area contributed by atoms with Gasteiger partial charge >= 0.3 is 12.1 Å². The molecule has 3 nitrogen and oxygen atoms in total. The number of aliphatic carboxylic acids is 1. The van der Waals surface area contributed by atoms with Crippen molar-refractivity contribution in [3.8, 4) is 0 Å². The molecule has 0 aromatic heterocycles. The van der Waals surface area contributed by atoms with E-state index >= 15 is 0 Å². The van der Waals surface area contributed by atoms with Crippen LogP contribution in [0.4, 0.5) is 13.2 Å². The topological polar surface area (TPSA) is 40.5 Å². The van der Waals surface area contributed by atoms with Crippen LogP contribution in [0.1, 0.15) is 29.7 Å². The van der Waals surface area contributed by atoms with Gasteiger partial charge in [0.15, 0.2) is 0 Å². The smallest absolute Gasteiger partial charge is 0.401 e. The highest BCUT2D eigenvalue weighted by atomic mass is 19.4. The summed E-state index contributed by atoms with van der Waals surface area (Å²) in [6, 6.07) is 4.74. The van der Waals surface area contributed by atoms with Gasteiger partial charge in [-0.2, -0.15) is 13.2 Å². The van der Waals surface area contributed by atoms with Gasteiger partial charge in [-0.25, -0.2) is 0 Å². The summed E-state index contributed by atoms with van der Waals surface area (Å²) in [6.07, 6.45) is -4.43. The zero-order valence-electron chi connectivity index (χ0n) is 11.7. The fourth-order valence-corrected chi connectivity index (χ4v) is 1.97. The first-order valence-corrected chi connectivity index (χ1v) is 6.20. The first-order chi connectivity index (χ1) is 9.10. The van der Waals surface area contributed by atoms with Crippen molar-refractivity contribution in [2.75, 3.05) is 13.1 Å². The van der Waals surface area contributed by atoms with Gasteiger partial charge in [0.2, 0.25) is 0 Å². The summed E-state index contributed by atoms with van der Waals surface area (Å²) in [5, 5.41) is 8.77. The Balaban J connectivity index is 2.99. The number of carboxylic acid groups (broad SMARTS) is 1. The van der Waals surface area contributed by atoms with Crippen LogP contribution in [0.2, 0.25) is 0 Å². The molecule has 0 aliphatic carbocycles. The summed E-state index contributed by atoms with van der Waals surface area (Å²) in [7, 11) is 0. The lowest BCUT2D eigenvalue weighted by atomic mass is 10.0. The Labute approximate surface area is 116 Å². The van der Waals surface area contributed by atoms with E-state index in [1.807, 2.05) is 19.9 Å². The molecule has 1 unspecified atom stereocenters. The Kier molecular flexibility index (Phi) is 5.16. The van der Waals surface area contributed by atoms with Crippen LogP contribution >= 0.6 is 0 Å². The Morgan fingerprint density at radius 3 is 2.35 bits per heavy atom. The van der Waals surface area contributed by atoms with E-state index in [0.29, 0.717) is 5.56 Å². The minimum absolute atomic E-state index is 0.618. The predicted octanol–water partition coefficient (Wildman–Crippen LogP) is 3.31. The molecule has 0 amide bonds. The number of carboxylic acids is 1. The van der Waals surface area contributed by atoms with Gasteiger partial charge in [0.05, 0.1) is 13.1 Å². The van der Waals surface area contributed by atoms with Crippen molar-refractivity contribution in [1.82, 2.24) is 4.90 Å². The highest BCUT2D eigenvalue weighted by Gasteiger charge is 2.34. The minimum Gasteiger partial charge on any atom is -0.480 e. The molecule has 1 aromatic rings. The van der Waals surface area contributed by atoms with Crippen LogP contribution in [-0.4, -0.2) is 35.2 Å². The Morgan fingerprint density at radius 2 is 1.90 bits per heavy atom. The summed E-state index contributed by atoms with van der Waals surface area (Å²) in [5.41, 5.74) is 2.69. The van der Waals surface area contributed by atoms with Crippen molar-refractivity contribution < 1.29 is 23.1 Å². The average Bonchev–Trinajstić information content (AvgIpc) is 2.28. The third-order valence-electron chi connectivity index (χ3n) is 3.28. The molecule has 0 bridgehead atoms. The monoisotopic (exact) mass is 289 g/mol. The molecule has 0 saturated heterocycles. The van der Waals surface area contributed by atoms with Crippen LogP contribution in [0.25, 0.3) is 0 Å². The van der Waals surface area contributed by atoms with E-state index in [1.54, 1.807) is 19.1 Å². The molecule has 0 heterocycles. The normalized spacial score (nSPS) is 13.6. The highest BCUT2D eigenvalue weighted by Crippen LogP contribution is 2.26. The van der Waals surface area contributed by atoms with E-state index in [0.717, 1.165) is 16.0 Å². The van der Waals surface area contributed by atoms with Gasteiger partial charge in [-0.05, 0) is 37.5 Å². The number of nitrogens with zero attached hydrogens (tertiary/aromatic N) is 1. The van der Waals surface area contributed by atoms with Gasteiger partial charge < -0.3 is 5.11 Å². The van der Waals surface area contributed by atoms with E-state index < -0.39 is 31.3 Å². The van der Waals surface area contributed by atoms with E-state index in [-0.39, 0.29) is 0 Å². The fourth-order valence-electron chi connectivity index (χ4n) is 1.97. The van der Waals surface area contributed by atoms with Gasteiger partial charge in [-0.3, -0.25) is 9.69 Å². The first kappa shape index (κ1) is 16.5. The lowest BCUT2D eigenvalue weighted by molar-refractivity contribution is -0.157. The summed E-state index contributed by atoms with van der Waals surface area (Å²) >= 11 is 0. The van der Waals surface area contributed by atoms with Crippen LogP contribution in [0.15, 0.2) is 18.2 Å². The van der Waals surface area contributed by atoms with Crippen molar-refractivity contribution in [3.63, 3.8) is 0 Å². The Bertz CT molecular complexity index is 486. The molecule has 0 aliphatic rings. The second kappa shape index (κ2) is 6.26. The standard InChI is InChI=1S/C14H18F3NO2/c1-9-4-5-12(6-10(9)2)11(3)18(7-13(19)20)8-14(15,16)17/h4-6,11H,7-8H2,1-3H3,(H,19,20). The molecule has 1 atom stereocenters. The van der Waals surface area contributed by atoms with E-state index in [4.69, 9.17) is 5.11 Å². The second-order valence-electron chi connectivity index (χ2n) is 4.93. The van der Waals surface area contributed by atoms with E-state index in [1.165, 1.54) is 0 Å². The summed E-state index contributed by atoms with van der Waals surface area (Å²) in [6.45, 7) is 3.48. The minimum atomic E-state index is -4.43. The van der Waals surface area contributed by atoms with E-state index in [9.17, 15) is 18.0 Å². The number of carbonyl (C=O) groups is 1. The molecule has 0 fully saturated rings. The summed E-state index contributed by atoms with van der Waals surface area (Å²) in [5.74, 6) is -1.27. The zero-order chi connectivity index (χ0) is 15.5. The van der Waals surface area contributed by atoms with Crippen molar-refractivity contribution >= 4 is 5.97 Å². The average molecular weight is 289 g/mol. The molecule has 1 aromatic carbocycles. The molecule has 1 N–H and O–H groups in total. The van der Waals surface area contributed by atoms with Crippen molar-refractivity contribution in [3.05, 3.63) is 34.9 Å². The third kappa shape index (κ3) is 4.85. The largest absolute Gasteiger partial charge is 0.480 e. The summed E-state index contributed by atoms with van der Waals surface area (Å²) in [4.78, 5) is 11.7. The fraction of sp³-hybridized carbons (Fsp3) is 0.500. The number of hydrogen-bond donors (Lipinski definition) is 1. The molecular formula is C14H18F3NO2. The summed E-state index contributed by atoms with van der Waals surface area (Å²) < 4.78 is 37.6. The van der Waals surface area contributed by atoms with Gasteiger partial charge in [-0.15, -0.1) is 0 Å². The Morgan fingerprint density at radius 1 is 1.30 bits per heavy atom. The lowest BCUT2D eigenvalue weighted by Gasteiger charge is -2.29. The molecule has 0 spiro atoms. The van der Waals surface area contributed by atoms with Crippen molar-refractivity contribution in [2.24, 2.45) is 0 Å². The predicted molar refractivity (Wildman–Crippen MR) is 69.6 cm³/mol. The van der Waals surface area contributed by atoms with Crippen LogP contribution in [0.3, 0.4) is 0 Å². The number of aryl methyl sites for hydroxylation is 2. The molecule has 0 saturated carbocycles. The van der Waals surface area contributed by atoms with Crippen molar-refractivity contribution in [1.29, 1.82) is 0 Å². The van der Waals surface area contributed by atoms with E-state index in [2.05, 4.69) is 0 Å². The molecule has 20 heavy (non-hydrogen) atoms. The molecule has 0 radical (unpaired) electrons. The quantitative estimate of drug-likeness (QED) is 0.904.